The Balaban J connectivity index is 1.69. The van der Waals surface area contributed by atoms with Crippen LogP contribution in [0.5, 0.6) is 0 Å². The lowest BCUT2D eigenvalue weighted by Crippen LogP contribution is -2.03. The van der Waals surface area contributed by atoms with Crippen molar-refractivity contribution in [2.24, 2.45) is 0 Å². The second-order valence-electron chi connectivity index (χ2n) is 4.81. The highest BCUT2D eigenvalue weighted by Crippen LogP contribution is 2.20. The zero-order valence-corrected chi connectivity index (χ0v) is 12.3. The maximum Gasteiger partial charge on any atom is 0.222 e. The first-order chi connectivity index (χ1) is 10.8. The van der Waals surface area contributed by atoms with E-state index < -0.39 is 0 Å². The molecule has 0 saturated carbocycles. The summed E-state index contributed by atoms with van der Waals surface area (Å²) in [4.78, 5) is 12.9. The zero-order chi connectivity index (χ0) is 15.2. The van der Waals surface area contributed by atoms with Crippen molar-refractivity contribution in [3.05, 3.63) is 66.6 Å². The molecule has 3 rings (SSSR count). The third-order valence-corrected chi connectivity index (χ3v) is 3.29. The predicted molar refractivity (Wildman–Crippen MR) is 88.6 cm³/mol. The normalized spacial score (nSPS) is 10.2. The molecule has 0 aliphatic rings. The Labute approximate surface area is 129 Å². The molecule has 0 fully saturated rings. The van der Waals surface area contributed by atoms with Gasteiger partial charge in [-0.3, -0.25) is 0 Å². The monoisotopic (exact) mass is 291 g/mol. The van der Waals surface area contributed by atoms with Crippen LogP contribution in [0.25, 0.3) is 11.1 Å². The van der Waals surface area contributed by atoms with Gasteiger partial charge in [-0.1, -0.05) is 30.3 Å². The van der Waals surface area contributed by atoms with E-state index in [9.17, 15) is 0 Å². The quantitative estimate of drug-likeness (QED) is 0.756. The van der Waals surface area contributed by atoms with Crippen molar-refractivity contribution in [1.29, 1.82) is 0 Å². The highest BCUT2D eigenvalue weighted by molar-refractivity contribution is 5.65. The fourth-order valence-electron chi connectivity index (χ4n) is 2.09. The van der Waals surface area contributed by atoms with Crippen LogP contribution in [0.1, 0.15) is 5.56 Å². The topological polar surface area (TPSA) is 62.7 Å². The summed E-state index contributed by atoms with van der Waals surface area (Å²) in [5, 5.41) is 6.24. The van der Waals surface area contributed by atoms with Crippen molar-refractivity contribution >= 4 is 11.8 Å². The van der Waals surface area contributed by atoms with Gasteiger partial charge in [0.15, 0.2) is 0 Å². The summed E-state index contributed by atoms with van der Waals surface area (Å²) in [6, 6.07) is 14.1. The van der Waals surface area contributed by atoms with E-state index >= 15 is 0 Å². The molecule has 0 radical (unpaired) electrons. The fraction of sp³-hybridized carbons (Fsp3) is 0.118. The van der Waals surface area contributed by atoms with Crippen LogP contribution in [0.15, 0.2) is 61.1 Å². The molecule has 5 heteroatoms. The molecule has 2 aromatic heterocycles. The molecule has 5 nitrogen and oxygen atoms in total. The van der Waals surface area contributed by atoms with Gasteiger partial charge in [0.1, 0.15) is 5.82 Å². The van der Waals surface area contributed by atoms with Crippen molar-refractivity contribution < 1.29 is 0 Å². The van der Waals surface area contributed by atoms with E-state index in [1.807, 2.05) is 49.8 Å². The molecule has 0 saturated heterocycles. The molecule has 0 aliphatic heterocycles. The van der Waals surface area contributed by atoms with Crippen LogP contribution in [0, 0.1) is 0 Å². The minimum Gasteiger partial charge on any atom is -0.373 e. The predicted octanol–water partition coefficient (Wildman–Crippen LogP) is 3.19. The van der Waals surface area contributed by atoms with Crippen LogP contribution < -0.4 is 10.6 Å². The van der Waals surface area contributed by atoms with Crippen molar-refractivity contribution in [3.8, 4) is 11.1 Å². The molecule has 0 spiro atoms. The second-order valence-corrected chi connectivity index (χ2v) is 4.81. The van der Waals surface area contributed by atoms with Crippen molar-refractivity contribution in [3.63, 3.8) is 0 Å². The molecule has 0 amide bonds. The highest BCUT2D eigenvalue weighted by Gasteiger charge is 2.02. The van der Waals surface area contributed by atoms with Gasteiger partial charge in [-0.2, -0.15) is 0 Å². The number of anilines is 2. The first-order valence-corrected chi connectivity index (χ1v) is 7.09. The van der Waals surface area contributed by atoms with Crippen molar-refractivity contribution in [2.75, 3.05) is 17.7 Å². The maximum atomic E-state index is 4.36. The SMILES string of the molecule is CNc1cc(-c2cnc(NCc3ccccc3)nc2)ccn1. The molecule has 0 atom stereocenters. The molecule has 0 bridgehead atoms. The average Bonchev–Trinajstić information content (AvgIpc) is 2.61. The molecule has 22 heavy (non-hydrogen) atoms. The van der Waals surface area contributed by atoms with Gasteiger partial charge in [0.05, 0.1) is 0 Å². The van der Waals surface area contributed by atoms with E-state index in [1.54, 1.807) is 6.20 Å². The lowest BCUT2D eigenvalue weighted by atomic mass is 10.1. The van der Waals surface area contributed by atoms with Crippen LogP contribution in [0.3, 0.4) is 0 Å². The summed E-state index contributed by atoms with van der Waals surface area (Å²) in [7, 11) is 1.85. The maximum absolute atomic E-state index is 4.36. The molecule has 1 aromatic carbocycles. The number of pyridine rings is 1. The van der Waals surface area contributed by atoms with E-state index in [4.69, 9.17) is 0 Å². The van der Waals surface area contributed by atoms with Crippen LogP contribution >= 0.6 is 0 Å². The number of nitrogens with one attached hydrogen (secondary N) is 2. The van der Waals surface area contributed by atoms with Gasteiger partial charge in [0.2, 0.25) is 5.95 Å². The first-order valence-electron chi connectivity index (χ1n) is 7.09. The molecule has 2 N–H and O–H groups in total. The summed E-state index contributed by atoms with van der Waals surface area (Å²) in [5.74, 6) is 1.44. The van der Waals surface area contributed by atoms with Crippen LogP contribution in [0.2, 0.25) is 0 Å². The van der Waals surface area contributed by atoms with Gasteiger partial charge in [0.25, 0.3) is 0 Å². The Kier molecular flexibility index (Phi) is 4.25. The summed E-state index contributed by atoms with van der Waals surface area (Å²) in [5.41, 5.74) is 3.20. The Hall–Kier alpha value is -2.95. The zero-order valence-electron chi connectivity index (χ0n) is 12.3. The lowest BCUT2D eigenvalue weighted by molar-refractivity contribution is 1.05. The van der Waals surface area contributed by atoms with E-state index in [1.165, 1.54) is 5.56 Å². The Bertz CT molecular complexity index is 726. The molecule has 2 heterocycles. The Morgan fingerprint density at radius 3 is 2.41 bits per heavy atom. The van der Waals surface area contributed by atoms with Gasteiger partial charge < -0.3 is 10.6 Å². The van der Waals surface area contributed by atoms with E-state index in [0.29, 0.717) is 12.5 Å². The number of hydrogen-bond donors (Lipinski definition) is 2. The standard InChI is InChI=1S/C17H17N5/c1-18-16-9-14(7-8-19-16)15-11-21-17(22-12-15)20-10-13-5-3-2-4-6-13/h2-9,11-12H,10H2,1H3,(H,18,19)(H,20,21,22). The largest absolute Gasteiger partial charge is 0.373 e. The molecule has 0 aliphatic carbocycles. The highest BCUT2D eigenvalue weighted by atomic mass is 15.1. The molecule has 110 valence electrons. The number of nitrogens with zero attached hydrogens (tertiary/aromatic N) is 3. The van der Waals surface area contributed by atoms with Gasteiger partial charge in [-0.15, -0.1) is 0 Å². The minimum atomic E-state index is 0.621. The summed E-state index contributed by atoms with van der Waals surface area (Å²) in [6.45, 7) is 0.708. The van der Waals surface area contributed by atoms with E-state index in [-0.39, 0.29) is 0 Å². The van der Waals surface area contributed by atoms with Gasteiger partial charge >= 0.3 is 0 Å². The number of aromatic nitrogens is 3. The second kappa shape index (κ2) is 6.67. The van der Waals surface area contributed by atoms with Crippen LogP contribution in [-0.2, 0) is 6.54 Å². The Morgan fingerprint density at radius 1 is 0.909 bits per heavy atom. The van der Waals surface area contributed by atoms with Gasteiger partial charge in [-0.05, 0) is 23.3 Å². The fourth-order valence-corrected chi connectivity index (χ4v) is 2.09. The first kappa shape index (κ1) is 14.0. The number of benzene rings is 1. The third kappa shape index (κ3) is 3.38. The average molecular weight is 291 g/mol. The molecular weight excluding hydrogens is 274 g/mol. The number of hydrogen-bond acceptors (Lipinski definition) is 5. The lowest BCUT2D eigenvalue weighted by Gasteiger charge is -2.06. The third-order valence-electron chi connectivity index (χ3n) is 3.29. The van der Waals surface area contributed by atoms with Gasteiger partial charge in [0, 0.05) is 37.7 Å². The number of rotatable bonds is 5. The van der Waals surface area contributed by atoms with Crippen molar-refractivity contribution in [2.45, 2.75) is 6.54 Å². The summed E-state index contributed by atoms with van der Waals surface area (Å²) < 4.78 is 0. The molecule has 0 unspecified atom stereocenters. The smallest absolute Gasteiger partial charge is 0.222 e. The Morgan fingerprint density at radius 2 is 1.68 bits per heavy atom. The molecule has 3 aromatic rings. The van der Waals surface area contributed by atoms with Crippen LogP contribution in [-0.4, -0.2) is 22.0 Å². The molecular formula is C17H17N5. The van der Waals surface area contributed by atoms with E-state index in [0.717, 1.165) is 16.9 Å². The van der Waals surface area contributed by atoms with Gasteiger partial charge in [-0.25, -0.2) is 15.0 Å². The van der Waals surface area contributed by atoms with Crippen LogP contribution in [0.4, 0.5) is 11.8 Å². The van der Waals surface area contributed by atoms with E-state index in [2.05, 4.69) is 37.7 Å². The summed E-state index contributed by atoms with van der Waals surface area (Å²) >= 11 is 0. The minimum absolute atomic E-state index is 0.621. The van der Waals surface area contributed by atoms with Crippen molar-refractivity contribution in [1.82, 2.24) is 15.0 Å². The summed E-state index contributed by atoms with van der Waals surface area (Å²) in [6.07, 6.45) is 5.40.